The van der Waals surface area contributed by atoms with Gasteiger partial charge >= 0.3 is 0 Å². The lowest BCUT2D eigenvalue weighted by atomic mass is 10.2. The zero-order valence-corrected chi connectivity index (χ0v) is 4.91. The normalized spacial score (nSPS) is 21.7. The highest BCUT2D eigenvalue weighted by Crippen LogP contribution is 2.09. The van der Waals surface area contributed by atoms with Crippen molar-refractivity contribution in [1.82, 2.24) is 0 Å². The molecule has 0 aliphatic heterocycles. The van der Waals surface area contributed by atoms with Crippen molar-refractivity contribution >= 4 is 0 Å². The van der Waals surface area contributed by atoms with Crippen LogP contribution in [0.3, 0.4) is 0 Å². The minimum absolute atomic E-state index is 0.160. The van der Waals surface area contributed by atoms with Crippen molar-refractivity contribution in [1.29, 1.82) is 0 Å². The van der Waals surface area contributed by atoms with Gasteiger partial charge in [0.25, 0.3) is 0 Å². The average Bonchev–Trinajstić information content (AvgIpc) is 2.17. The van der Waals surface area contributed by atoms with Gasteiger partial charge in [-0.3, -0.25) is 0 Å². The van der Waals surface area contributed by atoms with Gasteiger partial charge in [0.1, 0.15) is 5.75 Å². The Labute approximate surface area is 65.1 Å². The zero-order chi connectivity index (χ0) is 12.7. The maximum atomic E-state index is 7.49. The Hall–Kier alpha value is -0.980. The third kappa shape index (κ3) is 1.46. The summed E-state index contributed by atoms with van der Waals surface area (Å²) in [6, 6.07) is -1.54. The molecule has 48 valence electrons. The van der Waals surface area contributed by atoms with Gasteiger partial charge in [-0.05, 0) is 19.0 Å². The third-order valence-corrected chi connectivity index (χ3v) is 0.829. The molecule has 0 radical (unpaired) electrons. The Balaban J connectivity index is 3.40. The Morgan fingerprint density at radius 3 is 2.67 bits per heavy atom. The molecule has 0 amide bonds. The van der Waals surface area contributed by atoms with Gasteiger partial charge in [0.05, 0.1) is 16.6 Å². The second-order valence-electron chi connectivity index (χ2n) is 1.56. The van der Waals surface area contributed by atoms with Gasteiger partial charge in [0.2, 0.25) is 0 Å². The molecule has 0 aromatic heterocycles. The van der Waals surface area contributed by atoms with Crippen molar-refractivity contribution in [3.63, 3.8) is 0 Å². The van der Waals surface area contributed by atoms with Gasteiger partial charge in [0, 0.05) is 0 Å². The summed E-state index contributed by atoms with van der Waals surface area (Å²) in [5, 5.41) is 0. The highest BCUT2D eigenvalue weighted by atomic mass is 16.5. The standard InChI is InChI=1S/C8H10O/c1-7-3-5-8(9-2)6-4-7/h3-6H,1-2H3/i2D3,3D,4D,5D,6D. The molecule has 0 spiro atoms. The summed E-state index contributed by atoms with van der Waals surface area (Å²) < 4.78 is 55.0. The van der Waals surface area contributed by atoms with E-state index in [0.717, 1.165) is 0 Å². The average molecular weight is 129 g/mol. The van der Waals surface area contributed by atoms with Gasteiger partial charge in [0.15, 0.2) is 0 Å². The maximum Gasteiger partial charge on any atom is 0.118 e. The molecule has 1 nitrogen and oxygen atoms in total. The van der Waals surface area contributed by atoms with Crippen molar-refractivity contribution in [3.8, 4) is 5.75 Å². The fourth-order valence-electron chi connectivity index (χ4n) is 0.415. The molecule has 1 rings (SSSR count). The molecule has 0 bridgehead atoms. The topological polar surface area (TPSA) is 9.23 Å². The molecule has 0 aliphatic rings. The predicted molar refractivity (Wildman–Crippen MR) is 37.7 cm³/mol. The number of hydrogen-bond acceptors (Lipinski definition) is 1. The first-order valence-corrected chi connectivity index (χ1v) is 2.41. The Morgan fingerprint density at radius 1 is 1.44 bits per heavy atom. The van der Waals surface area contributed by atoms with E-state index in [0.29, 0.717) is 0 Å². The quantitative estimate of drug-likeness (QED) is 0.563. The maximum absolute atomic E-state index is 7.49. The molecular formula is C8H10O. The van der Waals surface area contributed by atoms with Crippen LogP contribution in [0.4, 0.5) is 0 Å². The largest absolute Gasteiger partial charge is 0.497 e. The lowest BCUT2D eigenvalue weighted by molar-refractivity contribution is 0.414. The Kier molecular flexibility index (Phi) is 0.493. The van der Waals surface area contributed by atoms with Crippen LogP contribution in [0.2, 0.25) is 0 Å². The first kappa shape index (κ1) is 1.75. The fourth-order valence-corrected chi connectivity index (χ4v) is 0.415. The summed E-state index contributed by atoms with van der Waals surface area (Å²) in [6.45, 7) is 1.43. The Bertz CT molecular complexity index is 394. The van der Waals surface area contributed by atoms with Crippen LogP contribution in [0.1, 0.15) is 15.2 Å². The molecule has 0 unspecified atom stereocenters. The van der Waals surface area contributed by atoms with Crippen LogP contribution >= 0.6 is 0 Å². The van der Waals surface area contributed by atoms with Crippen LogP contribution in [-0.2, 0) is 0 Å². The molecule has 0 heterocycles. The summed E-state index contributed by atoms with van der Waals surface area (Å²) in [5.41, 5.74) is 0.160. The van der Waals surface area contributed by atoms with E-state index in [1.165, 1.54) is 6.92 Å². The van der Waals surface area contributed by atoms with E-state index in [-0.39, 0.29) is 17.6 Å². The van der Waals surface area contributed by atoms with E-state index in [2.05, 4.69) is 4.74 Å². The number of rotatable bonds is 1. The summed E-state index contributed by atoms with van der Waals surface area (Å²) in [7, 11) is -2.79. The molecule has 1 aromatic carbocycles. The number of methoxy groups -OCH3 is 1. The van der Waals surface area contributed by atoms with E-state index in [9.17, 15) is 0 Å². The second-order valence-corrected chi connectivity index (χ2v) is 1.56. The predicted octanol–water partition coefficient (Wildman–Crippen LogP) is 2.00. The molecule has 0 atom stereocenters. The van der Waals surface area contributed by atoms with E-state index >= 15 is 0 Å². The van der Waals surface area contributed by atoms with Crippen LogP contribution in [0.15, 0.2) is 24.2 Å². The van der Waals surface area contributed by atoms with Crippen LogP contribution in [0.5, 0.6) is 5.75 Å². The summed E-state index contributed by atoms with van der Waals surface area (Å²) in [5.74, 6) is -0.541. The Morgan fingerprint density at radius 2 is 2.11 bits per heavy atom. The first-order valence-electron chi connectivity index (χ1n) is 5.91. The number of hydrogen-bond donors (Lipinski definition) is 0. The smallest absolute Gasteiger partial charge is 0.118 e. The molecule has 1 heteroatoms. The number of benzene rings is 1. The van der Waals surface area contributed by atoms with Crippen LogP contribution < -0.4 is 4.74 Å². The summed E-state index contributed by atoms with van der Waals surface area (Å²) in [6.07, 6.45) is 0. The molecule has 0 saturated carbocycles. The molecule has 0 N–H and O–H groups in total. The zero-order valence-electron chi connectivity index (χ0n) is 11.9. The van der Waals surface area contributed by atoms with E-state index in [1.807, 2.05) is 0 Å². The van der Waals surface area contributed by atoms with E-state index in [1.54, 1.807) is 0 Å². The molecule has 1 aromatic rings. The summed E-state index contributed by atoms with van der Waals surface area (Å²) in [4.78, 5) is 0. The van der Waals surface area contributed by atoms with Crippen LogP contribution in [0.25, 0.3) is 0 Å². The van der Waals surface area contributed by atoms with E-state index < -0.39 is 24.9 Å². The van der Waals surface area contributed by atoms with Gasteiger partial charge in [-0.2, -0.15) is 0 Å². The second kappa shape index (κ2) is 2.53. The molecule has 0 aliphatic carbocycles. The van der Waals surface area contributed by atoms with Crippen LogP contribution in [-0.4, -0.2) is 7.04 Å². The first-order chi connectivity index (χ1) is 7.15. The van der Waals surface area contributed by atoms with Crippen molar-refractivity contribution in [2.24, 2.45) is 0 Å². The van der Waals surface area contributed by atoms with Crippen molar-refractivity contribution < 1.29 is 14.3 Å². The SMILES string of the molecule is [2H]c1c([2H])c(OC([2H])([2H])[2H])c([2H])c([2H])c1C. The number of ether oxygens (including phenoxy) is 1. The molecular weight excluding hydrogens is 112 g/mol. The highest BCUT2D eigenvalue weighted by molar-refractivity contribution is 5.25. The van der Waals surface area contributed by atoms with Crippen molar-refractivity contribution in [3.05, 3.63) is 29.7 Å². The molecule has 0 fully saturated rings. The highest BCUT2D eigenvalue weighted by Gasteiger charge is 1.85. The minimum atomic E-state index is -2.79. The molecule has 0 saturated heterocycles. The van der Waals surface area contributed by atoms with Crippen LogP contribution in [0, 0.1) is 6.92 Å². The lowest BCUT2D eigenvalue weighted by Gasteiger charge is -1.97. The lowest BCUT2D eigenvalue weighted by Crippen LogP contribution is -1.80. The van der Waals surface area contributed by atoms with E-state index in [4.69, 9.17) is 9.60 Å². The molecule has 9 heavy (non-hydrogen) atoms. The van der Waals surface area contributed by atoms with Gasteiger partial charge in [-0.25, -0.2) is 0 Å². The summed E-state index contributed by atoms with van der Waals surface area (Å²) >= 11 is 0. The van der Waals surface area contributed by atoms with Gasteiger partial charge in [-0.1, -0.05) is 17.6 Å². The third-order valence-electron chi connectivity index (χ3n) is 0.829. The van der Waals surface area contributed by atoms with Crippen molar-refractivity contribution in [2.45, 2.75) is 6.92 Å². The van der Waals surface area contributed by atoms with Gasteiger partial charge in [-0.15, -0.1) is 0 Å². The monoisotopic (exact) mass is 129 g/mol. The van der Waals surface area contributed by atoms with Crippen molar-refractivity contribution in [2.75, 3.05) is 7.04 Å². The fraction of sp³-hybridized carbons (Fsp3) is 0.250. The van der Waals surface area contributed by atoms with Gasteiger partial charge < -0.3 is 4.74 Å². The minimum Gasteiger partial charge on any atom is -0.497 e.